The first kappa shape index (κ1) is 15.0. The minimum Gasteiger partial charge on any atom is -0.293 e. The second-order valence-electron chi connectivity index (χ2n) is 5.76. The number of hydrogen-bond acceptors (Lipinski definition) is 3. The molecule has 0 bridgehead atoms. The molecule has 0 fully saturated rings. The standard InChI is InChI=1S/C18H18O3S/c1-13-9-11-15(12-10-13)22(20,21)17-8-4-6-14-5-2-3-7-16(14)18(17)19/h2-3,5,7,9-12,17H,4,6,8H2,1H3. The van der Waals surface area contributed by atoms with Crippen LogP contribution in [0.2, 0.25) is 0 Å². The summed E-state index contributed by atoms with van der Waals surface area (Å²) in [4.78, 5) is 13.0. The molecule has 2 aromatic carbocycles. The first-order chi connectivity index (χ1) is 10.5. The maximum absolute atomic E-state index is 12.9. The molecular formula is C18H18O3S. The number of sulfone groups is 1. The first-order valence-corrected chi connectivity index (χ1v) is 8.97. The maximum atomic E-state index is 12.9. The van der Waals surface area contributed by atoms with Gasteiger partial charge in [0.1, 0.15) is 5.25 Å². The average Bonchev–Trinajstić information content (AvgIpc) is 2.68. The lowest BCUT2D eigenvalue weighted by atomic mass is 10.0. The largest absolute Gasteiger partial charge is 0.293 e. The van der Waals surface area contributed by atoms with E-state index in [-0.39, 0.29) is 10.7 Å². The van der Waals surface area contributed by atoms with Gasteiger partial charge in [0, 0.05) is 5.56 Å². The molecule has 0 heterocycles. The van der Waals surface area contributed by atoms with E-state index in [4.69, 9.17) is 0 Å². The zero-order valence-corrected chi connectivity index (χ0v) is 13.3. The van der Waals surface area contributed by atoms with Crippen LogP contribution in [0.15, 0.2) is 53.4 Å². The number of aryl methyl sites for hydroxylation is 2. The van der Waals surface area contributed by atoms with Gasteiger partial charge in [0.05, 0.1) is 4.90 Å². The quantitative estimate of drug-likeness (QED) is 0.799. The molecule has 114 valence electrons. The van der Waals surface area contributed by atoms with Crippen molar-refractivity contribution in [1.29, 1.82) is 0 Å². The van der Waals surface area contributed by atoms with E-state index in [2.05, 4.69) is 0 Å². The van der Waals surface area contributed by atoms with E-state index in [1.165, 1.54) is 0 Å². The highest BCUT2D eigenvalue weighted by molar-refractivity contribution is 7.92. The molecule has 4 heteroatoms. The summed E-state index contributed by atoms with van der Waals surface area (Å²) in [5.74, 6) is -0.270. The van der Waals surface area contributed by atoms with E-state index in [0.717, 1.165) is 17.5 Å². The Morgan fingerprint density at radius 2 is 1.68 bits per heavy atom. The van der Waals surface area contributed by atoms with Crippen LogP contribution >= 0.6 is 0 Å². The Morgan fingerprint density at radius 3 is 2.41 bits per heavy atom. The third-order valence-electron chi connectivity index (χ3n) is 4.21. The predicted octanol–water partition coefficient (Wildman–Crippen LogP) is 3.36. The minimum atomic E-state index is -3.64. The van der Waals surface area contributed by atoms with Crippen molar-refractivity contribution >= 4 is 15.6 Å². The van der Waals surface area contributed by atoms with Gasteiger partial charge in [-0.15, -0.1) is 0 Å². The van der Waals surface area contributed by atoms with Crippen molar-refractivity contribution < 1.29 is 13.2 Å². The molecule has 1 aliphatic rings. The fourth-order valence-electron chi connectivity index (χ4n) is 2.95. The molecule has 1 aliphatic carbocycles. The van der Waals surface area contributed by atoms with Crippen molar-refractivity contribution in [1.82, 2.24) is 0 Å². The molecule has 0 saturated heterocycles. The van der Waals surface area contributed by atoms with Crippen LogP contribution in [-0.4, -0.2) is 19.5 Å². The van der Waals surface area contributed by atoms with E-state index in [0.29, 0.717) is 18.4 Å². The number of carbonyl (C=O) groups excluding carboxylic acids is 1. The Bertz CT molecular complexity index is 804. The van der Waals surface area contributed by atoms with Gasteiger partial charge in [-0.1, -0.05) is 42.0 Å². The molecular weight excluding hydrogens is 296 g/mol. The summed E-state index contributed by atoms with van der Waals surface area (Å²) >= 11 is 0. The van der Waals surface area contributed by atoms with E-state index >= 15 is 0 Å². The zero-order valence-electron chi connectivity index (χ0n) is 12.5. The maximum Gasteiger partial charge on any atom is 0.188 e. The van der Waals surface area contributed by atoms with Gasteiger partial charge in [-0.05, 0) is 43.9 Å². The summed E-state index contributed by atoms with van der Waals surface area (Å²) in [6.45, 7) is 1.91. The molecule has 3 nitrogen and oxygen atoms in total. The lowest BCUT2D eigenvalue weighted by molar-refractivity contribution is 0.0985. The molecule has 0 saturated carbocycles. The molecule has 1 atom stereocenters. The molecule has 0 amide bonds. The predicted molar refractivity (Wildman–Crippen MR) is 85.9 cm³/mol. The van der Waals surface area contributed by atoms with Gasteiger partial charge in [-0.25, -0.2) is 8.42 Å². The second kappa shape index (κ2) is 5.69. The molecule has 0 N–H and O–H groups in total. The van der Waals surface area contributed by atoms with Gasteiger partial charge in [-0.2, -0.15) is 0 Å². The van der Waals surface area contributed by atoms with Crippen LogP contribution in [-0.2, 0) is 16.3 Å². The second-order valence-corrected chi connectivity index (χ2v) is 7.89. The fraction of sp³-hybridized carbons (Fsp3) is 0.278. The summed E-state index contributed by atoms with van der Waals surface area (Å²) < 4.78 is 25.7. The molecule has 0 radical (unpaired) electrons. The van der Waals surface area contributed by atoms with Crippen molar-refractivity contribution in [2.75, 3.05) is 0 Å². The van der Waals surface area contributed by atoms with Crippen LogP contribution < -0.4 is 0 Å². The SMILES string of the molecule is Cc1ccc(S(=O)(=O)C2CCCc3ccccc3C2=O)cc1. The van der Waals surface area contributed by atoms with Crippen molar-refractivity contribution in [3.63, 3.8) is 0 Å². The average molecular weight is 314 g/mol. The lowest BCUT2D eigenvalue weighted by Gasteiger charge is -2.15. The van der Waals surface area contributed by atoms with Crippen LogP contribution in [0.25, 0.3) is 0 Å². The molecule has 0 spiro atoms. The molecule has 22 heavy (non-hydrogen) atoms. The Hall–Kier alpha value is -1.94. The highest BCUT2D eigenvalue weighted by Gasteiger charge is 2.36. The van der Waals surface area contributed by atoms with Gasteiger partial charge < -0.3 is 0 Å². The molecule has 0 aliphatic heterocycles. The number of rotatable bonds is 2. The Kier molecular flexibility index (Phi) is 3.87. The number of benzene rings is 2. The Morgan fingerprint density at radius 1 is 1.00 bits per heavy atom. The van der Waals surface area contributed by atoms with Gasteiger partial charge in [0.15, 0.2) is 15.6 Å². The third kappa shape index (κ3) is 2.59. The van der Waals surface area contributed by atoms with E-state index < -0.39 is 15.1 Å². The number of Topliss-reactive ketones (excluding diaryl/α,β-unsaturated/α-hetero) is 1. The van der Waals surface area contributed by atoms with Crippen molar-refractivity contribution in [2.45, 2.75) is 36.3 Å². The van der Waals surface area contributed by atoms with Crippen LogP contribution in [0.5, 0.6) is 0 Å². The van der Waals surface area contributed by atoms with Crippen LogP contribution in [0.1, 0.15) is 34.3 Å². The third-order valence-corrected chi connectivity index (χ3v) is 6.34. The normalized spacial score (nSPS) is 18.6. The monoisotopic (exact) mass is 314 g/mol. The molecule has 0 aromatic heterocycles. The highest BCUT2D eigenvalue weighted by Crippen LogP contribution is 2.28. The minimum absolute atomic E-state index is 0.232. The summed E-state index contributed by atoms with van der Waals surface area (Å²) in [5.41, 5.74) is 2.51. The zero-order chi connectivity index (χ0) is 15.7. The Balaban J connectivity index is 2.04. The van der Waals surface area contributed by atoms with Crippen molar-refractivity contribution in [2.24, 2.45) is 0 Å². The van der Waals surface area contributed by atoms with Crippen molar-refractivity contribution in [3.05, 3.63) is 65.2 Å². The summed E-state index contributed by atoms with van der Waals surface area (Å²) in [6, 6.07) is 14.0. The summed E-state index contributed by atoms with van der Waals surface area (Å²) in [6.07, 6.45) is 1.84. The van der Waals surface area contributed by atoms with Gasteiger partial charge >= 0.3 is 0 Å². The number of carbonyl (C=O) groups is 1. The summed E-state index contributed by atoms with van der Waals surface area (Å²) in [5, 5.41) is -0.973. The smallest absolute Gasteiger partial charge is 0.188 e. The summed E-state index contributed by atoms with van der Waals surface area (Å²) in [7, 11) is -3.64. The lowest BCUT2D eigenvalue weighted by Crippen LogP contribution is -2.30. The molecule has 3 rings (SSSR count). The number of hydrogen-bond donors (Lipinski definition) is 0. The van der Waals surface area contributed by atoms with Crippen molar-refractivity contribution in [3.8, 4) is 0 Å². The first-order valence-electron chi connectivity index (χ1n) is 7.43. The number of fused-ring (bicyclic) bond motifs is 1. The van der Waals surface area contributed by atoms with Gasteiger partial charge in [-0.3, -0.25) is 4.79 Å². The van der Waals surface area contributed by atoms with Crippen LogP contribution in [0, 0.1) is 6.92 Å². The number of ketones is 1. The fourth-order valence-corrected chi connectivity index (χ4v) is 4.68. The van der Waals surface area contributed by atoms with E-state index in [1.54, 1.807) is 36.4 Å². The van der Waals surface area contributed by atoms with Gasteiger partial charge in [0.2, 0.25) is 0 Å². The van der Waals surface area contributed by atoms with Crippen LogP contribution in [0.3, 0.4) is 0 Å². The Labute approximate surface area is 130 Å². The van der Waals surface area contributed by atoms with E-state index in [1.807, 2.05) is 19.1 Å². The van der Waals surface area contributed by atoms with Gasteiger partial charge in [0.25, 0.3) is 0 Å². The molecule has 1 unspecified atom stereocenters. The van der Waals surface area contributed by atoms with E-state index in [9.17, 15) is 13.2 Å². The molecule has 2 aromatic rings. The topological polar surface area (TPSA) is 51.2 Å². The highest BCUT2D eigenvalue weighted by atomic mass is 32.2. The van der Waals surface area contributed by atoms with Crippen LogP contribution in [0.4, 0.5) is 0 Å².